The first-order valence-corrected chi connectivity index (χ1v) is 7.48. The van der Waals surface area contributed by atoms with Gasteiger partial charge in [0, 0.05) is 24.5 Å². The lowest BCUT2D eigenvalue weighted by Gasteiger charge is -2.45. The van der Waals surface area contributed by atoms with E-state index in [2.05, 4.69) is 17.4 Å². The molecule has 1 heterocycles. The van der Waals surface area contributed by atoms with Crippen LogP contribution in [0.3, 0.4) is 0 Å². The van der Waals surface area contributed by atoms with E-state index in [-0.39, 0.29) is 30.0 Å². The zero-order chi connectivity index (χ0) is 13.7. The molecule has 4 atom stereocenters. The summed E-state index contributed by atoms with van der Waals surface area (Å²) in [5.74, 6) is 0.636. The Morgan fingerprint density at radius 3 is 2.65 bits per heavy atom. The van der Waals surface area contributed by atoms with Crippen LogP contribution in [0.1, 0.15) is 17.5 Å². The van der Waals surface area contributed by atoms with Crippen LogP contribution >= 0.6 is 0 Å². The third-order valence-corrected chi connectivity index (χ3v) is 5.18. The van der Waals surface area contributed by atoms with Crippen molar-refractivity contribution in [1.82, 2.24) is 5.32 Å². The summed E-state index contributed by atoms with van der Waals surface area (Å²) < 4.78 is 5.67. The highest BCUT2D eigenvalue weighted by atomic mass is 16.5. The van der Waals surface area contributed by atoms with E-state index < -0.39 is 0 Å². The fraction of sp³-hybridized carbons (Fsp3) is 0.562. The quantitative estimate of drug-likeness (QED) is 0.830. The Kier molecular flexibility index (Phi) is 2.82. The van der Waals surface area contributed by atoms with Gasteiger partial charge in [0.1, 0.15) is 0 Å². The Hall–Kier alpha value is -1.39. The number of rotatable bonds is 2. The van der Waals surface area contributed by atoms with Crippen molar-refractivity contribution >= 4 is 5.91 Å². The molecule has 4 heteroatoms. The third kappa shape index (κ3) is 1.79. The second-order valence-corrected chi connectivity index (χ2v) is 6.27. The van der Waals surface area contributed by atoms with Crippen molar-refractivity contribution in [2.75, 3.05) is 6.61 Å². The summed E-state index contributed by atoms with van der Waals surface area (Å²) in [6.45, 7) is 0.782. The standard InChI is InChI=1S/C16H20N2O2/c17-13-12-5-6-20-15(12)14(13)18-16(19)11-7-9-3-1-2-4-10(9)8-11/h1-4,11-15H,5-8,17H2,(H,18,19). The first-order valence-electron chi connectivity index (χ1n) is 7.48. The Morgan fingerprint density at radius 1 is 1.25 bits per heavy atom. The molecular formula is C16H20N2O2. The van der Waals surface area contributed by atoms with Gasteiger partial charge in [-0.2, -0.15) is 0 Å². The average molecular weight is 272 g/mol. The minimum absolute atomic E-state index is 0.0127. The summed E-state index contributed by atoms with van der Waals surface area (Å²) in [6.07, 6.45) is 2.88. The number of benzene rings is 1. The van der Waals surface area contributed by atoms with Crippen molar-refractivity contribution in [1.29, 1.82) is 0 Å². The third-order valence-electron chi connectivity index (χ3n) is 5.18. The lowest BCUT2D eigenvalue weighted by atomic mass is 9.72. The summed E-state index contributed by atoms with van der Waals surface area (Å²) in [5.41, 5.74) is 8.76. The van der Waals surface area contributed by atoms with Gasteiger partial charge in [0.25, 0.3) is 0 Å². The number of nitrogens with two attached hydrogens (primary N) is 1. The summed E-state index contributed by atoms with van der Waals surface area (Å²) in [5, 5.41) is 3.13. The largest absolute Gasteiger partial charge is 0.376 e. The van der Waals surface area contributed by atoms with E-state index in [1.807, 2.05) is 12.1 Å². The van der Waals surface area contributed by atoms with E-state index in [1.54, 1.807) is 0 Å². The van der Waals surface area contributed by atoms with Crippen LogP contribution in [0.5, 0.6) is 0 Å². The van der Waals surface area contributed by atoms with Crippen molar-refractivity contribution in [3.05, 3.63) is 35.4 Å². The number of amides is 1. The van der Waals surface area contributed by atoms with Gasteiger partial charge in [-0.15, -0.1) is 0 Å². The van der Waals surface area contributed by atoms with E-state index in [9.17, 15) is 4.79 Å². The lowest BCUT2D eigenvalue weighted by Crippen LogP contribution is -2.69. The minimum Gasteiger partial charge on any atom is -0.376 e. The Labute approximate surface area is 118 Å². The van der Waals surface area contributed by atoms with Gasteiger partial charge in [-0.3, -0.25) is 4.79 Å². The summed E-state index contributed by atoms with van der Waals surface area (Å²) in [7, 11) is 0. The predicted molar refractivity (Wildman–Crippen MR) is 75.1 cm³/mol. The molecule has 1 amide bonds. The molecule has 20 heavy (non-hydrogen) atoms. The second-order valence-electron chi connectivity index (χ2n) is 6.27. The van der Waals surface area contributed by atoms with Crippen LogP contribution in [-0.2, 0) is 22.4 Å². The minimum atomic E-state index is 0.0127. The summed E-state index contributed by atoms with van der Waals surface area (Å²) >= 11 is 0. The van der Waals surface area contributed by atoms with Gasteiger partial charge < -0.3 is 15.8 Å². The van der Waals surface area contributed by atoms with Crippen LogP contribution in [0.25, 0.3) is 0 Å². The Balaban J connectivity index is 1.40. The second kappa shape index (κ2) is 4.57. The van der Waals surface area contributed by atoms with E-state index in [4.69, 9.17) is 10.5 Å². The van der Waals surface area contributed by atoms with E-state index >= 15 is 0 Å². The van der Waals surface area contributed by atoms with Crippen LogP contribution in [0.2, 0.25) is 0 Å². The Bertz CT molecular complexity index is 520. The van der Waals surface area contributed by atoms with Crippen molar-refractivity contribution in [3.8, 4) is 0 Å². The predicted octanol–water partition coefficient (Wildman–Crippen LogP) is 0.632. The van der Waals surface area contributed by atoms with Gasteiger partial charge in [0.05, 0.1) is 12.1 Å². The maximum Gasteiger partial charge on any atom is 0.224 e. The fourth-order valence-electron chi connectivity index (χ4n) is 3.95. The van der Waals surface area contributed by atoms with Crippen LogP contribution < -0.4 is 11.1 Å². The van der Waals surface area contributed by atoms with Gasteiger partial charge in [-0.1, -0.05) is 24.3 Å². The molecule has 0 radical (unpaired) electrons. The van der Waals surface area contributed by atoms with Crippen molar-refractivity contribution in [2.45, 2.75) is 37.5 Å². The zero-order valence-corrected chi connectivity index (χ0v) is 11.4. The van der Waals surface area contributed by atoms with Crippen molar-refractivity contribution in [3.63, 3.8) is 0 Å². The maximum absolute atomic E-state index is 12.4. The van der Waals surface area contributed by atoms with Crippen molar-refractivity contribution < 1.29 is 9.53 Å². The molecule has 0 spiro atoms. The van der Waals surface area contributed by atoms with E-state index in [1.165, 1.54) is 11.1 Å². The highest BCUT2D eigenvalue weighted by molar-refractivity contribution is 5.81. The van der Waals surface area contributed by atoms with E-state index in [0.29, 0.717) is 5.92 Å². The number of ether oxygens (including phenoxy) is 1. The summed E-state index contributed by atoms with van der Waals surface area (Å²) in [6, 6.07) is 8.39. The number of nitrogens with one attached hydrogen (secondary N) is 1. The van der Waals surface area contributed by atoms with Gasteiger partial charge in [-0.25, -0.2) is 0 Å². The normalized spacial score (nSPS) is 35.2. The van der Waals surface area contributed by atoms with E-state index in [0.717, 1.165) is 25.9 Å². The number of fused-ring (bicyclic) bond motifs is 2. The molecule has 0 bridgehead atoms. The molecule has 3 aliphatic rings. The van der Waals surface area contributed by atoms with Crippen LogP contribution in [-0.4, -0.2) is 30.7 Å². The highest BCUT2D eigenvalue weighted by Gasteiger charge is 2.53. The van der Waals surface area contributed by atoms with Crippen LogP contribution in [0.4, 0.5) is 0 Å². The number of carbonyl (C=O) groups is 1. The topological polar surface area (TPSA) is 64.3 Å². The molecule has 1 aromatic rings. The maximum atomic E-state index is 12.4. The van der Waals surface area contributed by atoms with Crippen molar-refractivity contribution in [2.24, 2.45) is 17.6 Å². The van der Waals surface area contributed by atoms with Gasteiger partial charge >= 0.3 is 0 Å². The molecule has 0 aromatic heterocycles. The molecule has 1 aliphatic heterocycles. The molecule has 1 aromatic carbocycles. The lowest BCUT2D eigenvalue weighted by molar-refractivity contribution is -0.129. The molecule has 2 fully saturated rings. The van der Waals surface area contributed by atoms with Gasteiger partial charge in [-0.05, 0) is 30.4 Å². The first kappa shape index (κ1) is 12.4. The highest BCUT2D eigenvalue weighted by Crippen LogP contribution is 2.38. The SMILES string of the molecule is NC1C2CCOC2C1NC(=O)C1Cc2ccccc2C1. The number of hydrogen-bond donors (Lipinski definition) is 2. The molecule has 106 valence electrons. The molecule has 2 aliphatic carbocycles. The van der Waals surface area contributed by atoms with Gasteiger partial charge in [0.15, 0.2) is 0 Å². The number of carbonyl (C=O) groups excluding carboxylic acids is 1. The molecule has 3 N–H and O–H groups in total. The van der Waals surface area contributed by atoms with Gasteiger partial charge in [0.2, 0.25) is 5.91 Å². The monoisotopic (exact) mass is 272 g/mol. The molecule has 4 rings (SSSR count). The summed E-state index contributed by atoms with van der Waals surface area (Å²) in [4.78, 5) is 12.4. The van der Waals surface area contributed by atoms with Crippen LogP contribution in [0, 0.1) is 11.8 Å². The molecule has 1 saturated heterocycles. The smallest absolute Gasteiger partial charge is 0.224 e. The molecule has 4 nitrogen and oxygen atoms in total. The fourth-order valence-corrected chi connectivity index (χ4v) is 3.95. The zero-order valence-electron chi connectivity index (χ0n) is 11.4. The molecule has 1 saturated carbocycles. The first-order chi connectivity index (χ1) is 9.74. The average Bonchev–Trinajstić information content (AvgIpc) is 3.08. The van der Waals surface area contributed by atoms with Crippen LogP contribution in [0.15, 0.2) is 24.3 Å². The molecular weight excluding hydrogens is 252 g/mol. The Morgan fingerprint density at radius 2 is 1.95 bits per heavy atom. The number of hydrogen-bond acceptors (Lipinski definition) is 3. The molecule has 4 unspecified atom stereocenters.